The first-order chi connectivity index (χ1) is 9.15. The number of aryl methyl sites for hydroxylation is 1. The number of ether oxygens (including phenoxy) is 1. The van der Waals surface area contributed by atoms with Crippen molar-refractivity contribution < 1.29 is 4.74 Å². The zero-order valence-electron chi connectivity index (χ0n) is 11.1. The molecule has 5 heteroatoms. The van der Waals surface area contributed by atoms with Gasteiger partial charge in [-0.1, -0.05) is 6.07 Å². The second-order valence-corrected chi connectivity index (χ2v) is 5.02. The van der Waals surface area contributed by atoms with Crippen molar-refractivity contribution in [1.29, 1.82) is 0 Å². The maximum Gasteiger partial charge on any atom is 0.271 e. The van der Waals surface area contributed by atoms with Crippen LogP contribution >= 0.6 is 0 Å². The largest absolute Gasteiger partial charge is 0.352 e. The molecule has 1 aliphatic rings. The molecule has 5 nitrogen and oxygen atoms in total. The molecule has 1 saturated heterocycles. The van der Waals surface area contributed by atoms with Gasteiger partial charge in [-0.2, -0.15) is 0 Å². The topological polar surface area (TPSA) is 56.2 Å². The number of aromatic nitrogens is 2. The highest BCUT2D eigenvalue weighted by molar-refractivity contribution is 5.75. The maximum absolute atomic E-state index is 12.1. The molecular formula is C14H17N3O2. The number of benzene rings is 1. The van der Waals surface area contributed by atoms with Gasteiger partial charge < -0.3 is 10.1 Å². The second kappa shape index (κ2) is 4.75. The van der Waals surface area contributed by atoms with Crippen molar-refractivity contribution in [3.8, 4) is 0 Å². The number of hydrogen-bond donors (Lipinski definition) is 1. The summed E-state index contributed by atoms with van der Waals surface area (Å²) in [6.07, 6.45) is 1.18. The molecule has 1 aromatic heterocycles. The van der Waals surface area contributed by atoms with E-state index in [0.717, 1.165) is 23.1 Å². The third-order valence-electron chi connectivity index (χ3n) is 3.37. The third kappa shape index (κ3) is 2.27. The second-order valence-electron chi connectivity index (χ2n) is 5.02. The molecule has 0 aliphatic carbocycles. The fourth-order valence-corrected chi connectivity index (χ4v) is 2.46. The van der Waals surface area contributed by atoms with E-state index in [1.54, 1.807) is 4.57 Å². The van der Waals surface area contributed by atoms with Crippen LogP contribution in [0.2, 0.25) is 0 Å². The van der Waals surface area contributed by atoms with Crippen LogP contribution in [0, 0.1) is 6.92 Å². The SMILES string of the molecule is Cc1ccc2ncc(=O)n(C3CNCC(C)O3)c2c1. The molecule has 1 fully saturated rings. The van der Waals surface area contributed by atoms with E-state index < -0.39 is 0 Å². The fraction of sp³-hybridized carbons (Fsp3) is 0.429. The maximum atomic E-state index is 12.1. The quantitative estimate of drug-likeness (QED) is 0.836. The first-order valence-corrected chi connectivity index (χ1v) is 6.49. The number of morpholine rings is 1. The van der Waals surface area contributed by atoms with Crippen LogP contribution in [0.3, 0.4) is 0 Å². The van der Waals surface area contributed by atoms with Crippen molar-refractivity contribution in [3.63, 3.8) is 0 Å². The van der Waals surface area contributed by atoms with Crippen molar-refractivity contribution in [2.45, 2.75) is 26.2 Å². The van der Waals surface area contributed by atoms with Crippen LogP contribution < -0.4 is 10.9 Å². The zero-order chi connectivity index (χ0) is 13.4. The van der Waals surface area contributed by atoms with Crippen LogP contribution in [0.25, 0.3) is 11.0 Å². The van der Waals surface area contributed by atoms with Gasteiger partial charge in [-0.15, -0.1) is 0 Å². The minimum Gasteiger partial charge on any atom is -0.352 e. The molecule has 100 valence electrons. The molecule has 2 atom stereocenters. The number of nitrogens with zero attached hydrogens (tertiary/aromatic N) is 2. The molecule has 2 aromatic rings. The monoisotopic (exact) mass is 259 g/mol. The van der Waals surface area contributed by atoms with Crippen molar-refractivity contribution in [2.75, 3.05) is 13.1 Å². The van der Waals surface area contributed by atoms with Gasteiger partial charge in [0.2, 0.25) is 0 Å². The standard InChI is InChI=1S/C14H17N3O2/c1-9-3-4-11-12(5-9)17(13(18)7-16-11)14-8-15-6-10(2)19-14/h3-5,7,10,14-15H,6,8H2,1-2H3. The molecule has 0 radical (unpaired) electrons. The summed E-state index contributed by atoms with van der Waals surface area (Å²) in [5.41, 5.74) is 2.62. The Balaban J connectivity index is 2.18. The molecule has 1 aromatic carbocycles. The predicted molar refractivity (Wildman–Crippen MR) is 73.2 cm³/mol. The summed E-state index contributed by atoms with van der Waals surface area (Å²) in [6, 6.07) is 5.90. The van der Waals surface area contributed by atoms with Gasteiger partial charge in [0, 0.05) is 13.1 Å². The van der Waals surface area contributed by atoms with Gasteiger partial charge in [-0.05, 0) is 31.5 Å². The Kier molecular flexibility index (Phi) is 3.08. The lowest BCUT2D eigenvalue weighted by molar-refractivity contribution is -0.0676. The summed E-state index contributed by atoms with van der Waals surface area (Å²) in [5, 5.41) is 3.28. The lowest BCUT2D eigenvalue weighted by Gasteiger charge is -2.30. The third-order valence-corrected chi connectivity index (χ3v) is 3.37. The number of hydrogen-bond acceptors (Lipinski definition) is 4. The Hall–Kier alpha value is -1.72. The first-order valence-electron chi connectivity index (χ1n) is 6.49. The number of rotatable bonds is 1. The molecule has 0 spiro atoms. The lowest BCUT2D eigenvalue weighted by Crippen LogP contribution is -2.44. The Morgan fingerprint density at radius 2 is 2.26 bits per heavy atom. The summed E-state index contributed by atoms with van der Waals surface area (Å²) in [4.78, 5) is 16.3. The molecule has 1 N–H and O–H groups in total. The van der Waals surface area contributed by atoms with E-state index in [-0.39, 0.29) is 17.9 Å². The highest BCUT2D eigenvalue weighted by Crippen LogP contribution is 2.19. The fourth-order valence-electron chi connectivity index (χ4n) is 2.46. The Morgan fingerprint density at radius 3 is 3.05 bits per heavy atom. The predicted octanol–water partition coefficient (Wildman–Crippen LogP) is 1.21. The Labute approximate surface area is 111 Å². The van der Waals surface area contributed by atoms with Crippen LogP contribution in [0.1, 0.15) is 18.7 Å². The van der Waals surface area contributed by atoms with E-state index >= 15 is 0 Å². The van der Waals surface area contributed by atoms with E-state index in [0.29, 0.717) is 6.54 Å². The van der Waals surface area contributed by atoms with Crippen molar-refractivity contribution in [2.24, 2.45) is 0 Å². The zero-order valence-corrected chi connectivity index (χ0v) is 11.1. The van der Waals surface area contributed by atoms with E-state index in [1.165, 1.54) is 6.20 Å². The summed E-state index contributed by atoms with van der Waals surface area (Å²) in [5.74, 6) is 0. The molecule has 1 aliphatic heterocycles. The summed E-state index contributed by atoms with van der Waals surface area (Å²) < 4.78 is 7.57. The molecule has 19 heavy (non-hydrogen) atoms. The van der Waals surface area contributed by atoms with Crippen molar-refractivity contribution in [3.05, 3.63) is 40.3 Å². The summed E-state index contributed by atoms with van der Waals surface area (Å²) >= 11 is 0. The highest BCUT2D eigenvalue weighted by Gasteiger charge is 2.22. The van der Waals surface area contributed by atoms with Crippen LogP contribution in [0.5, 0.6) is 0 Å². The van der Waals surface area contributed by atoms with Crippen molar-refractivity contribution in [1.82, 2.24) is 14.9 Å². The van der Waals surface area contributed by atoms with Crippen LogP contribution in [0.15, 0.2) is 29.2 Å². The molecule has 2 heterocycles. The Bertz CT molecular complexity index is 665. The van der Waals surface area contributed by atoms with Gasteiger partial charge in [0.1, 0.15) is 6.23 Å². The molecule has 3 rings (SSSR count). The summed E-state index contributed by atoms with van der Waals surface area (Å²) in [7, 11) is 0. The van der Waals surface area contributed by atoms with Gasteiger partial charge in [-0.3, -0.25) is 9.36 Å². The lowest BCUT2D eigenvalue weighted by atomic mass is 10.2. The van der Waals surface area contributed by atoms with Gasteiger partial charge >= 0.3 is 0 Å². The molecule has 0 amide bonds. The van der Waals surface area contributed by atoms with Crippen LogP contribution in [-0.2, 0) is 4.74 Å². The van der Waals surface area contributed by atoms with Crippen molar-refractivity contribution >= 4 is 11.0 Å². The van der Waals surface area contributed by atoms with E-state index in [4.69, 9.17) is 4.74 Å². The molecule has 0 bridgehead atoms. The normalized spacial score (nSPS) is 23.7. The average Bonchev–Trinajstić information content (AvgIpc) is 2.38. The van der Waals surface area contributed by atoms with Gasteiger partial charge in [0.25, 0.3) is 5.56 Å². The first kappa shape index (κ1) is 12.3. The van der Waals surface area contributed by atoms with Gasteiger partial charge in [-0.25, -0.2) is 4.98 Å². The van der Waals surface area contributed by atoms with E-state index in [1.807, 2.05) is 32.0 Å². The minimum absolute atomic E-state index is 0.0960. The number of nitrogens with one attached hydrogen (secondary N) is 1. The molecular weight excluding hydrogens is 242 g/mol. The van der Waals surface area contributed by atoms with Gasteiger partial charge in [0.05, 0.1) is 23.3 Å². The van der Waals surface area contributed by atoms with Crippen LogP contribution in [-0.4, -0.2) is 28.7 Å². The Morgan fingerprint density at radius 1 is 1.42 bits per heavy atom. The van der Waals surface area contributed by atoms with E-state index in [2.05, 4.69) is 10.3 Å². The number of fused-ring (bicyclic) bond motifs is 1. The molecule has 2 unspecified atom stereocenters. The van der Waals surface area contributed by atoms with Gasteiger partial charge in [0.15, 0.2) is 0 Å². The van der Waals surface area contributed by atoms with E-state index in [9.17, 15) is 4.79 Å². The summed E-state index contributed by atoms with van der Waals surface area (Å²) in [6.45, 7) is 5.45. The smallest absolute Gasteiger partial charge is 0.271 e. The van der Waals surface area contributed by atoms with Crippen LogP contribution in [0.4, 0.5) is 0 Å². The highest BCUT2D eigenvalue weighted by atomic mass is 16.5. The minimum atomic E-state index is -0.274. The molecule has 0 saturated carbocycles. The average molecular weight is 259 g/mol.